The van der Waals surface area contributed by atoms with E-state index in [4.69, 9.17) is 18.9 Å². The van der Waals surface area contributed by atoms with E-state index >= 15 is 0 Å². The molecule has 8 nitrogen and oxygen atoms in total. The quantitative estimate of drug-likeness (QED) is 0.324. The van der Waals surface area contributed by atoms with E-state index in [2.05, 4.69) is 0 Å². The van der Waals surface area contributed by atoms with Crippen LogP contribution in [0.4, 0.5) is 0 Å². The fourth-order valence-corrected chi connectivity index (χ4v) is 4.51. The number of hydrogen-bond donors (Lipinski definition) is 0. The molecule has 0 saturated carbocycles. The van der Waals surface area contributed by atoms with Gasteiger partial charge in [0.1, 0.15) is 5.75 Å². The zero-order valence-electron chi connectivity index (χ0n) is 20.3. The van der Waals surface area contributed by atoms with Gasteiger partial charge in [0.05, 0.1) is 13.1 Å². The fraction of sp³-hybridized carbons (Fsp3) is 0.333. The number of ether oxygens (including phenoxy) is 4. The number of thiophene rings is 1. The molecular formula is C27H30N2O6S. The first-order valence-electron chi connectivity index (χ1n) is 11.8. The first-order chi connectivity index (χ1) is 17.6. The molecule has 1 aromatic heterocycles. The smallest absolute Gasteiger partial charge is 0.260 e. The number of benzene rings is 2. The van der Waals surface area contributed by atoms with Crippen molar-refractivity contribution in [3.63, 3.8) is 0 Å². The highest BCUT2D eigenvalue weighted by Gasteiger charge is 2.23. The van der Waals surface area contributed by atoms with E-state index in [1.165, 1.54) is 0 Å². The zero-order chi connectivity index (χ0) is 25.2. The van der Waals surface area contributed by atoms with Crippen LogP contribution in [0.25, 0.3) is 0 Å². The van der Waals surface area contributed by atoms with E-state index in [0.717, 1.165) is 10.4 Å². The molecule has 0 atom stereocenters. The van der Waals surface area contributed by atoms with Gasteiger partial charge in [-0.3, -0.25) is 9.59 Å². The molecule has 9 heteroatoms. The molecule has 3 aromatic rings. The van der Waals surface area contributed by atoms with Gasteiger partial charge in [0.25, 0.3) is 5.91 Å². The summed E-state index contributed by atoms with van der Waals surface area (Å²) in [5.74, 6) is 1.58. The molecule has 0 bridgehead atoms. The van der Waals surface area contributed by atoms with Crippen LogP contribution < -0.4 is 14.2 Å². The van der Waals surface area contributed by atoms with Gasteiger partial charge in [-0.15, -0.1) is 11.3 Å². The maximum absolute atomic E-state index is 13.5. The maximum atomic E-state index is 13.5. The van der Waals surface area contributed by atoms with Crippen molar-refractivity contribution in [1.29, 1.82) is 0 Å². The summed E-state index contributed by atoms with van der Waals surface area (Å²) in [7, 11) is 1.62. The second-order valence-corrected chi connectivity index (χ2v) is 9.31. The number of methoxy groups -OCH3 is 1. The minimum Gasteiger partial charge on any atom is -0.484 e. The lowest BCUT2D eigenvalue weighted by Crippen LogP contribution is -2.44. The number of fused-ring (bicyclic) bond motifs is 1. The Labute approximate surface area is 214 Å². The summed E-state index contributed by atoms with van der Waals surface area (Å²) >= 11 is 1.59. The highest BCUT2D eigenvalue weighted by molar-refractivity contribution is 7.09. The van der Waals surface area contributed by atoms with Crippen LogP contribution in [0.5, 0.6) is 17.2 Å². The Bertz CT molecular complexity index is 1120. The van der Waals surface area contributed by atoms with E-state index in [9.17, 15) is 9.59 Å². The molecule has 1 aliphatic heterocycles. The number of carbonyl (C=O) groups is 2. The standard InChI is InChI=1S/C27H30N2O6S/c1-32-13-6-12-28(27(31)19-33-22-7-3-2-4-8-22)18-26(30)29(17-23-9-5-14-36-23)16-21-10-11-24-25(15-21)35-20-34-24/h2-5,7-11,14-15H,6,12-13,16-20H2,1H3. The summed E-state index contributed by atoms with van der Waals surface area (Å²) in [6.45, 7) is 1.73. The van der Waals surface area contributed by atoms with Crippen molar-refractivity contribution in [3.05, 3.63) is 76.5 Å². The molecule has 0 radical (unpaired) electrons. The predicted octanol–water partition coefficient (Wildman–Crippen LogP) is 3.95. The minimum absolute atomic E-state index is 0.0450. The molecule has 0 unspecified atom stereocenters. The van der Waals surface area contributed by atoms with Crippen molar-refractivity contribution in [1.82, 2.24) is 9.80 Å². The van der Waals surface area contributed by atoms with Crippen molar-refractivity contribution in [2.24, 2.45) is 0 Å². The van der Waals surface area contributed by atoms with Crippen LogP contribution in [0, 0.1) is 0 Å². The van der Waals surface area contributed by atoms with Crippen molar-refractivity contribution >= 4 is 23.2 Å². The Balaban J connectivity index is 1.45. The van der Waals surface area contributed by atoms with Crippen LogP contribution in [0.15, 0.2) is 66.0 Å². The van der Waals surface area contributed by atoms with Crippen molar-refractivity contribution in [2.45, 2.75) is 19.5 Å². The predicted molar refractivity (Wildman–Crippen MR) is 136 cm³/mol. The lowest BCUT2D eigenvalue weighted by molar-refractivity contribution is -0.142. The van der Waals surface area contributed by atoms with Crippen LogP contribution in [0.1, 0.15) is 16.9 Å². The summed E-state index contributed by atoms with van der Waals surface area (Å²) in [6.07, 6.45) is 0.619. The monoisotopic (exact) mass is 510 g/mol. The molecule has 36 heavy (non-hydrogen) atoms. The first-order valence-corrected chi connectivity index (χ1v) is 12.6. The molecule has 2 amide bonds. The van der Waals surface area contributed by atoms with Crippen LogP contribution in [0.2, 0.25) is 0 Å². The molecule has 2 aromatic carbocycles. The number of nitrogens with zero attached hydrogens (tertiary/aromatic N) is 2. The van der Waals surface area contributed by atoms with Gasteiger partial charge in [0.2, 0.25) is 12.7 Å². The largest absolute Gasteiger partial charge is 0.484 e. The maximum Gasteiger partial charge on any atom is 0.260 e. The topological polar surface area (TPSA) is 77.5 Å². The van der Waals surface area contributed by atoms with E-state index in [-0.39, 0.29) is 31.8 Å². The van der Waals surface area contributed by atoms with Gasteiger partial charge in [-0.05, 0) is 47.7 Å². The number of hydrogen-bond acceptors (Lipinski definition) is 7. The summed E-state index contributed by atoms with van der Waals surface area (Å²) < 4.78 is 21.7. The Hall–Kier alpha value is -3.56. The molecule has 0 N–H and O–H groups in total. The summed E-state index contributed by atoms with van der Waals surface area (Å²) in [4.78, 5) is 30.9. The number of para-hydroxylation sites is 1. The first kappa shape index (κ1) is 25.5. The molecule has 1 aliphatic rings. The summed E-state index contributed by atoms with van der Waals surface area (Å²) in [6, 6.07) is 18.8. The summed E-state index contributed by atoms with van der Waals surface area (Å²) in [5, 5.41) is 1.99. The van der Waals surface area contributed by atoms with E-state index in [0.29, 0.717) is 49.9 Å². The third-order valence-electron chi connectivity index (χ3n) is 5.65. The number of amides is 2. The highest BCUT2D eigenvalue weighted by Crippen LogP contribution is 2.33. The molecule has 4 rings (SSSR count). The van der Waals surface area contributed by atoms with Crippen LogP contribution >= 0.6 is 11.3 Å². The van der Waals surface area contributed by atoms with Crippen LogP contribution in [0.3, 0.4) is 0 Å². The SMILES string of the molecule is COCCCN(CC(=O)N(Cc1ccc2c(c1)OCO2)Cc1cccs1)C(=O)COc1ccccc1. The minimum atomic E-state index is -0.248. The average Bonchev–Trinajstić information content (AvgIpc) is 3.59. The van der Waals surface area contributed by atoms with E-state index in [1.54, 1.807) is 40.4 Å². The Morgan fingerprint density at radius 1 is 0.944 bits per heavy atom. The van der Waals surface area contributed by atoms with Crippen molar-refractivity contribution < 1.29 is 28.5 Å². The number of rotatable bonds is 13. The van der Waals surface area contributed by atoms with Gasteiger partial charge in [0, 0.05) is 31.7 Å². The molecule has 0 spiro atoms. The van der Waals surface area contributed by atoms with Gasteiger partial charge in [-0.25, -0.2) is 0 Å². The zero-order valence-corrected chi connectivity index (χ0v) is 21.1. The van der Waals surface area contributed by atoms with Gasteiger partial charge in [0.15, 0.2) is 18.1 Å². The Morgan fingerprint density at radius 2 is 1.78 bits per heavy atom. The molecule has 0 fully saturated rings. The molecular weight excluding hydrogens is 480 g/mol. The summed E-state index contributed by atoms with van der Waals surface area (Å²) in [5.41, 5.74) is 0.925. The van der Waals surface area contributed by atoms with Crippen LogP contribution in [-0.2, 0) is 27.4 Å². The molecule has 0 aliphatic carbocycles. The van der Waals surface area contributed by atoms with Crippen LogP contribution in [-0.4, -0.2) is 61.8 Å². The third kappa shape index (κ3) is 7.22. The van der Waals surface area contributed by atoms with Gasteiger partial charge in [-0.2, -0.15) is 0 Å². The van der Waals surface area contributed by atoms with Crippen molar-refractivity contribution in [2.75, 3.05) is 40.2 Å². The lowest BCUT2D eigenvalue weighted by atomic mass is 10.2. The lowest BCUT2D eigenvalue weighted by Gasteiger charge is -2.28. The van der Waals surface area contributed by atoms with E-state index < -0.39 is 0 Å². The van der Waals surface area contributed by atoms with Crippen molar-refractivity contribution in [3.8, 4) is 17.2 Å². The Kier molecular flexibility index (Phi) is 9.18. The van der Waals surface area contributed by atoms with Gasteiger partial charge in [-0.1, -0.05) is 30.3 Å². The molecule has 0 saturated heterocycles. The fourth-order valence-electron chi connectivity index (χ4n) is 3.79. The highest BCUT2D eigenvalue weighted by atomic mass is 32.1. The second-order valence-electron chi connectivity index (χ2n) is 8.28. The third-order valence-corrected chi connectivity index (χ3v) is 6.51. The van der Waals surface area contributed by atoms with Gasteiger partial charge >= 0.3 is 0 Å². The van der Waals surface area contributed by atoms with E-state index in [1.807, 2.05) is 53.9 Å². The average molecular weight is 511 g/mol. The molecule has 2 heterocycles. The van der Waals surface area contributed by atoms with Gasteiger partial charge < -0.3 is 28.7 Å². The second kappa shape index (κ2) is 12.9. The normalized spacial score (nSPS) is 11.8. The molecule has 190 valence electrons. The number of carbonyl (C=O) groups excluding carboxylic acids is 2. The Morgan fingerprint density at radius 3 is 2.56 bits per heavy atom.